The molecule has 2 bridgehead atoms. The number of β-amino-alcohol motifs (C(OH)–C–C–N with tert-alkyl or cyclic N) is 1. The molecule has 0 unspecified atom stereocenters. The smallest absolute Gasteiger partial charge is 0.123 e. The molecule has 1 saturated carbocycles. The van der Waals surface area contributed by atoms with Gasteiger partial charge in [-0.05, 0) is 70.4 Å². The van der Waals surface area contributed by atoms with Crippen LogP contribution in [0.25, 0.3) is 0 Å². The van der Waals surface area contributed by atoms with Crippen molar-refractivity contribution in [1.82, 2.24) is 5.32 Å². The Bertz CT molecular complexity index is 556. The lowest BCUT2D eigenvalue weighted by atomic mass is 9.66. The summed E-state index contributed by atoms with van der Waals surface area (Å²) in [6.45, 7) is 7.02. The summed E-state index contributed by atoms with van der Waals surface area (Å²) < 4.78 is 5.94. The summed E-state index contributed by atoms with van der Waals surface area (Å²) in [5.41, 5.74) is 2.29. The van der Waals surface area contributed by atoms with Crippen molar-refractivity contribution in [3.8, 4) is 11.5 Å². The minimum absolute atomic E-state index is 0.0160. The maximum absolute atomic E-state index is 10.2. The fourth-order valence-corrected chi connectivity index (χ4v) is 3.92. The molecule has 0 aliphatic heterocycles. The Hall–Kier alpha value is -1.26. The second kappa shape index (κ2) is 6.33. The van der Waals surface area contributed by atoms with Gasteiger partial charge in [0.1, 0.15) is 24.2 Å². The van der Waals surface area contributed by atoms with Crippen molar-refractivity contribution in [2.75, 3.05) is 13.2 Å². The fourth-order valence-electron chi connectivity index (χ4n) is 3.92. The molecular formula is C19H29NO3. The summed E-state index contributed by atoms with van der Waals surface area (Å²) >= 11 is 0. The minimum atomic E-state index is -0.542. The van der Waals surface area contributed by atoms with Crippen LogP contribution >= 0.6 is 0 Å². The molecule has 4 nitrogen and oxygen atoms in total. The molecule has 1 aromatic carbocycles. The molecule has 0 amide bonds. The number of phenolic OH excluding ortho intramolecular Hbond substituents is 1. The lowest BCUT2D eigenvalue weighted by Gasteiger charge is -2.39. The molecule has 0 heterocycles. The van der Waals surface area contributed by atoms with Gasteiger partial charge in [-0.2, -0.15) is 0 Å². The number of aliphatic hydroxyl groups is 1. The van der Waals surface area contributed by atoms with Crippen molar-refractivity contribution in [3.63, 3.8) is 0 Å². The third-order valence-electron chi connectivity index (χ3n) is 5.07. The molecule has 0 radical (unpaired) electrons. The standard InChI is InChI=1S/C19H29NO3/c1-19(2,3)20-10-14(21)11-23-16-9-8-15(22)17-12-4-6-13(7-5-12)18(16)17/h8-9,12-14,20-22H,4-7,10-11H2,1-3H3/t12?,13?,14-/m1/s1. The molecule has 3 aliphatic carbocycles. The van der Waals surface area contributed by atoms with Gasteiger partial charge >= 0.3 is 0 Å². The highest BCUT2D eigenvalue weighted by molar-refractivity contribution is 5.54. The lowest BCUT2D eigenvalue weighted by molar-refractivity contribution is 0.0987. The van der Waals surface area contributed by atoms with Crippen LogP contribution in [-0.2, 0) is 0 Å². The molecule has 1 aromatic rings. The zero-order chi connectivity index (χ0) is 16.6. The Morgan fingerprint density at radius 3 is 2.35 bits per heavy atom. The normalized spacial score (nSPS) is 24.3. The van der Waals surface area contributed by atoms with Crippen molar-refractivity contribution >= 4 is 0 Å². The van der Waals surface area contributed by atoms with Gasteiger partial charge in [0.05, 0.1) is 0 Å². The number of rotatable bonds is 5. The van der Waals surface area contributed by atoms with Crippen LogP contribution < -0.4 is 10.1 Å². The molecule has 1 fully saturated rings. The third kappa shape index (κ3) is 3.64. The molecular weight excluding hydrogens is 290 g/mol. The molecule has 1 atom stereocenters. The number of aromatic hydroxyl groups is 1. The van der Waals surface area contributed by atoms with E-state index in [0.29, 0.717) is 24.1 Å². The van der Waals surface area contributed by atoms with Gasteiger partial charge < -0.3 is 20.3 Å². The first kappa shape index (κ1) is 16.6. The van der Waals surface area contributed by atoms with E-state index in [2.05, 4.69) is 26.1 Å². The number of ether oxygens (including phenoxy) is 1. The van der Waals surface area contributed by atoms with E-state index >= 15 is 0 Å². The highest BCUT2D eigenvalue weighted by Gasteiger charge is 2.37. The molecule has 4 rings (SSSR count). The zero-order valence-electron chi connectivity index (χ0n) is 14.4. The first-order valence-electron chi connectivity index (χ1n) is 8.77. The largest absolute Gasteiger partial charge is 0.508 e. The highest BCUT2D eigenvalue weighted by Crippen LogP contribution is 2.54. The number of benzene rings is 1. The summed E-state index contributed by atoms with van der Waals surface area (Å²) in [7, 11) is 0. The van der Waals surface area contributed by atoms with Crippen LogP contribution in [-0.4, -0.2) is 35.0 Å². The van der Waals surface area contributed by atoms with Crippen molar-refractivity contribution in [3.05, 3.63) is 23.3 Å². The van der Waals surface area contributed by atoms with Gasteiger partial charge in [-0.25, -0.2) is 0 Å². The maximum atomic E-state index is 10.2. The summed E-state index contributed by atoms with van der Waals surface area (Å²) in [6.07, 6.45) is 4.18. The Morgan fingerprint density at radius 2 is 1.74 bits per heavy atom. The Labute approximate surface area is 138 Å². The summed E-state index contributed by atoms with van der Waals surface area (Å²) in [5, 5.41) is 23.7. The number of hydrogen-bond donors (Lipinski definition) is 3. The van der Waals surface area contributed by atoms with Gasteiger partial charge in [-0.15, -0.1) is 0 Å². The first-order chi connectivity index (χ1) is 10.8. The van der Waals surface area contributed by atoms with E-state index < -0.39 is 6.10 Å². The molecule has 0 aromatic heterocycles. The van der Waals surface area contributed by atoms with Crippen molar-refractivity contribution < 1.29 is 14.9 Å². The monoisotopic (exact) mass is 319 g/mol. The van der Waals surface area contributed by atoms with E-state index in [4.69, 9.17) is 4.74 Å². The van der Waals surface area contributed by atoms with Crippen LogP contribution in [0.5, 0.6) is 11.5 Å². The van der Waals surface area contributed by atoms with Gasteiger partial charge in [0.15, 0.2) is 0 Å². The van der Waals surface area contributed by atoms with E-state index in [1.165, 1.54) is 31.2 Å². The molecule has 128 valence electrons. The van der Waals surface area contributed by atoms with Gasteiger partial charge in [-0.1, -0.05) is 0 Å². The van der Waals surface area contributed by atoms with Crippen molar-refractivity contribution in [1.29, 1.82) is 0 Å². The Balaban J connectivity index is 1.69. The minimum Gasteiger partial charge on any atom is -0.508 e. The first-order valence-corrected chi connectivity index (χ1v) is 8.77. The average molecular weight is 319 g/mol. The zero-order valence-corrected chi connectivity index (χ0v) is 14.4. The SMILES string of the molecule is CC(C)(C)NC[C@@H](O)COc1ccc(O)c2c1C1CCC2CC1. The van der Waals surface area contributed by atoms with Crippen molar-refractivity contribution in [2.24, 2.45) is 0 Å². The van der Waals surface area contributed by atoms with E-state index in [1.54, 1.807) is 6.07 Å². The van der Waals surface area contributed by atoms with Gasteiger partial charge in [-0.3, -0.25) is 0 Å². The number of aliphatic hydroxyl groups excluding tert-OH is 1. The van der Waals surface area contributed by atoms with Crippen LogP contribution in [0.3, 0.4) is 0 Å². The van der Waals surface area contributed by atoms with Crippen LogP contribution in [0.2, 0.25) is 0 Å². The second-order valence-corrected chi connectivity index (χ2v) is 8.05. The number of phenols is 1. The van der Waals surface area contributed by atoms with Crippen LogP contribution in [0.15, 0.2) is 12.1 Å². The lowest BCUT2D eigenvalue weighted by Crippen LogP contribution is -2.42. The van der Waals surface area contributed by atoms with Crippen LogP contribution in [0.4, 0.5) is 0 Å². The number of nitrogens with one attached hydrogen (secondary N) is 1. The predicted molar refractivity (Wildman–Crippen MR) is 91.3 cm³/mol. The topological polar surface area (TPSA) is 61.7 Å². The van der Waals surface area contributed by atoms with E-state index in [1.807, 2.05) is 6.07 Å². The Morgan fingerprint density at radius 1 is 1.13 bits per heavy atom. The summed E-state index contributed by atoms with van der Waals surface area (Å²) in [6, 6.07) is 3.60. The molecule has 4 heteroatoms. The highest BCUT2D eigenvalue weighted by atomic mass is 16.5. The maximum Gasteiger partial charge on any atom is 0.123 e. The Kier molecular flexibility index (Phi) is 4.56. The van der Waals surface area contributed by atoms with Gasteiger partial charge in [0.2, 0.25) is 0 Å². The van der Waals surface area contributed by atoms with Gasteiger partial charge in [0, 0.05) is 23.2 Å². The fraction of sp³-hybridized carbons (Fsp3) is 0.684. The summed E-state index contributed by atoms with van der Waals surface area (Å²) in [5.74, 6) is 2.24. The van der Waals surface area contributed by atoms with Gasteiger partial charge in [0.25, 0.3) is 0 Å². The number of fused-ring (bicyclic) bond motifs is 2. The van der Waals surface area contributed by atoms with Crippen LogP contribution in [0.1, 0.15) is 69.4 Å². The predicted octanol–water partition coefficient (Wildman–Crippen LogP) is 3.27. The van der Waals surface area contributed by atoms with E-state index in [9.17, 15) is 10.2 Å². The van der Waals surface area contributed by atoms with Crippen molar-refractivity contribution in [2.45, 2.75) is 69.9 Å². The molecule has 3 N–H and O–H groups in total. The molecule has 0 saturated heterocycles. The molecule has 23 heavy (non-hydrogen) atoms. The third-order valence-corrected chi connectivity index (χ3v) is 5.07. The molecule has 3 aliphatic rings. The van der Waals surface area contributed by atoms with Crippen LogP contribution in [0, 0.1) is 0 Å². The summed E-state index contributed by atoms with van der Waals surface area (Å²) in [4.78, 5) is 0. The van der Waals surface area contributed by atoms with E-state index in [-0.39, 0.29) is 12.1 Å². The van der Waals surface area contributed by atoms with E-state index in [0.717, 1.165) is 11.3 Å². The second-order valence-electron chi connectivity index (χ2n) is 8.05. The quantitative estimate of drug-likeness (QED) is 0.779. The average Bonchev–Trinajstić information content (AvgIpc) is 2.52. The molecule has 0 spiro atoms. The number of hydrogen-bond acceptors (Lipinski definition) is 4.